The van der Waals surface area contributed by atoms with Gasteiger partial charge in [0.2, 0.25) is 0 Å². The van der Waals surface area contributed by atoms with E-state index in [0.717, 1.165) is 39.3 Å². The van der Waals surface area contributed by atoms with Crippen molar-refractivity contribution in [1.29, 1.82) is 0 Å². The van der Waals surface area contributed by atoms with Gasteiger partial charge in [0.15, 0.2) is 0 Å². The van der Waals surface area contributed by atoms with Crippen LogP contribution in [-0.4, -0.2) is 55.1 Å². The standard InChI is InChI=1S/C10H19N3O/c1-2-12-5-6-13(10(12)14)8-9-3-4-11-7-9/h9,11H,2-8H2,1H3. The fourth-order valence-corrected chi connectivity index (χ4v) is 2.28. The minimum Gasteiger partial charge on any atom is -0.323 e. The molecule has 2 aliphatic rings. The summed E-state index contributed by atoms with van der Waals surface area (Å²) in [6.45, 7) is 7.86. The smallest absolute Gasteiger partial charge is 0.320 e. The van der Waals surface area contributed by atoms with Gasteiger partial charge >= 0.3 is 6.03 Å². The lowest BCUT2D eigenvalue weighted by Gasteiger charge is -2.20. The molecule has 1 unspecified atom stereocenters. The first-order chi connectivity index (χ1) is 6.81. The Morgan fingerprint density at radius 1 is 1.43 bits per heavy atom. The maximum absolute atomic E-state index is 11.8. The number of urea groups is 1. The van der Waals surface area contributed by atoms with Crippen molar-refractivity contribution in [2.45, 2.75) is 13.3 Å². The molecule has 4 nitrogen and oxygen atoms in total. The van der Waals surface area contributed by atoms with E-state index in [1.165, 1.54) is 6.42 Å². The van der Waals surface area contributed by atoms with Crippen LogP contribution in [0, 0.1) is 5.92 Å². The molecule has 0 spiro atoms. The molecule has 2 heterocycles. The normalized spacial score (nSPS) is 27.8. The molecule has 0 aromatic heterocycles. The lowest BCUT2D eigenvalue weighted by Crippen LogP contribution is -2.35. The van der Waals surface area contributed by atoms with E-state index in [1.807, 2.05) is 16.7 Å². The number of nitrogens with one attached hydrogen (secondary N) is 1. The van der Waals surface area contributed by atoms with E-state index in [2.05, 4.69) is 5.32 Å². The van der Waals surface area contributed by atoms with Gasteiger partial charge in [0.1, 0.15) is 0 Å². The van der Waals surface area contributed by atoms with Gasteiger partial charge in [-0.15, -0.1) is 0 Å². The Kier molecular flexibility index (Phi) is 2.91. The molecule has 2 amide bonds. The van der Waals surface area contributed by atoms with Gasteiger partial charge in [-0.1, -0.05) is 0 Å². The number of nitrogens with zero attached hydrogens (tertiary/aromatic N) is 2. The van der Waals surface area contributed by atoms with Crippen molar-refractivity contribution in [3.8, 4) is 0 Å². The molecule has 0 aromatic rings. The van der Waals surface area contributed by atoms with Gasteiger partial charge in [0.05, 0.1) is 0 Å². The number of amides is 2. The third-order valence-electron chi connectivity index (χ3n) is 3.20. The minimum absolute atomic E-state index is 0.236. The molecule has 0 aliphatic carbocycles. The van der Waals surface area contributed by atoms with Gasteiger partial charge in [0, 0.05) is 26.2 Å². The minimum atomic E-state index is 0.236. The van der Waals surface area contributed by atoms with Gasteiger partial charge in [-0.2, -0.15) is 0 Å². The highest BCUT2D eigenvalue weighted by atomic mass is 16.2. The molecule has 2 fully saturated rings. The van der Waals surface area contributed by atoms with Crippen LogP contribution in [-0.2, 0) is 0 Å². The molecule has 2 rings (SSSR count). The summed E-state index contributed by atoms with van der Waals surface area (Å²) in [6.07, 6.45) is 1.22. The van der Waals surface area contributed by atoms with Crippen LogP contribution >= 0.6 is 0 Å². The first kappa shape index (κ1) is 9.77. The van der Waals surface area contributed by atoms with Crippen LogP contribution in [0.4, 0.5) is 4.79 Å². The first-order valence-electron chi connectivity index (χ1n) is 5.56. The highest BCUT2D eigenvalue weighted by molar-refractivity contribution is 5.76. The highest BCUT2D eigenvalue weighted by Gasteiger charge is 2.29. The molecular weight excluding hydrogens is 178 g/mol. The quantitative estimate of drug-likeness (QED) is 0.709. The fourth-order valence-electron chi connectivity index (χ4n) is 2.28. The second kappa shape index (κ2) is 4.17. The first-order valence-corrected chi connectivity index (χ1v) is 5.56. The Morgan fingerprint density at radius 3 is 2.79 bits per heavy atom. The van der Waals surface area contributed by atoms with Crippen LogP contribution in [0.3, 0.4) is 0 Å². The van der Waals surface area contributed by atoms with Crippen molar-refractivity contribution in [2.24, 2.45) is 5.92 Å². The molecule has 1 N–H and O–H groups in total. The average Bonchev–Trinajstić information content (AvgIpc) is 2.79. The number of hydrogen-bond donors (Lipinski definition) is 1. The Hall–Kier alpha value is -0.770. The molecule has 0 radical (unpaired) electrons. The van der Waals surface area contributed by atoms with Gasteiger partial charge in [-0.05, 0) is 32.4 Å². The van der Waals surface area contributed by atoms with E-state index < -0.39 is 0 Å². The van der Waals surface area contributed by atoms with Crippen LogP contribution in [0.5, 0.6) is 0 Å². The molecule has 1 atom stereocenters. The predicted octanol–water partition coefficient (Wildman–Crippen LogP) is 0.353. The molecule has 0 saturated carbocycles. The van der Waals surface area contributed by atoms with Crippen LogP contribution < -0.4 is 5.32 Å². The zero-order valence-corrected chi connectivity index (χ0v) is 8.83. The second-order valence-corrected chi connectivity index (χ2v) is 4.17. The molecule has 0 aromatic carbocycles. The van der Waals surface area contributed by atoms with E-state index in [1.54, 1.807) is 0 Å². The molecule has 14 heavy (non-hydrogen) atoms. The van der Waals surface area contributed by atoms with Gasteiger partial charge in [-0.3, -0.25) is 0 Å². The predicted molar refractivity (Wildman–Crippen MR) is 55.2 cm³/mol. The summed E-state index contributed by atoms with van der Waals surface area (Å²) in [5.41, 5.74) is 0. The Morgan fingerprint density at radius 2 is 2.21 bits per heavy atom. The van der Waals surface area contributed by atoms with Crippen molar-refractivity contribution < 1.29 is 4.79 Å². The molecular formula is C10H19N3O. The molecule has 4 heteroatoms. The summed E-state index contributed by atoms with van der Waals surface area (Å²) in [6, 6.07) is 0.236. The highest BCUT2D eigenvalue weighted by Crippen LogP contribution is 2.14. The molecule has 2 aliphatic heterocycles. The van der Waals surface area contributed by atoms with Crippen molar-refractivity contribution in [3.63, 3.8) is 0 Å². The van der Waals surface area contributed by atoms with E-state index in [0.29, 0.717) is 5.92 Å². The number of hydrogen-bond acceptors (Lipinski definition) is 2. The number of carbonyl (C=O) groups excluding carboxylic acids is 1. The van der Waals surface area contributed by atoms with Crippen molar-refractivity contribution in [2.75, 3.05) is 39.3 Å². The summed E-state index contributed by atoms with van der Waals surface area (Å²) in [5.74, 6) is 0.677. The Bertz CT molecular complexity index is 213. The second-order valence-electron chi connectivity index (χ2n) is 4.17. The zero-order valence-electron chi connectivity index (χ0n) is 8.83. The third-order valence-corrected chi connectivity index (χ3v) is 3.20. The van der Waals surface area contributed by atoms with E-state index in [-0.39, 0.29) is 6.03 Å². The Balaban J connectivity index is 1.84. The van der Waals surface area contributed by atoms with Crippen molar-refractivity contribution >= 4 is 6.03 Å². The lowest BCUT2D eigenvalue weighted by atomic mass is 10.1. The lowest BCUT2D eigenvalue weighted by molar-refractivity contribution is 0.188. The van der Waals surface area contributed by atoms with Crippen LogP contribution in [0.15, 0.2) is 0 Å². The number of carbonyl (C=O) groups is 1. The summed E-state index contributed by atoms with van der Waals surface area (Å²) in [4.78, 5) is 15.7. The van der Waals surface area contributed by atoms with Crippen LogP contribution in [0.25, 0.3) is 0 Å². The van der Waals surface area contributed by atoms with Crippen molar-refractivity contribution in [3.05, 3.63) is 0 Å². The summed E-state index contributed by atoms with van der Waals surface area (Å²) in [7, 11) is 0. The van der Waals surface area contributed by atoms with Crippen LogP contribution in [0.2, 0.25) is 0 Å². The average molecular weight is 197 g/mol. The van der Waals surface area contributed by atoms with Gasteiger partial charge in [-0.25, -0.2) is 4.79 Å². The zero-order chi connectivity index (χ0) is 9.97. The molecule has 80 valence electrons. The largest absolute Gasteiger partial charge is 0.323 e. The van der Waals surface area contributed by atoms with E-state index >= 15 is 0 Å². The monoisotopic (exact) mass is 197 g/mol. The van der Waals surface area contributed by atoms with Crippen molar-refractivity contribution in [1.82, 2.24) is 15.1 Å². The SMILES string of the molecule is CCN1CCN(CC2CCNC2)C1=O. The summed E-state index contributed by atoms with van der Waals surface area (Å²) < 4.78 is 0. The molecule has 0 bridgehead atoms. The van der Waals surface area contributed by atoms with Gasteiger partial charge < -0.3 is 15.1 Å². The van der Waals surface area contributed by atoms with Crippen LogP contribution in [0.1, 0.15) is 13.3 Å². The Labute approximate surface area is 85.2 Å². The van der Waals surface area contributed by atoms with E-state index in [9.17, 15) is 4.79 Å². The fraction of sp³-hybridized carbons (Fsp3) is 0.900. The third kappa shape index (κ3) is 1.85. The summed E-state index contributed by atoms with van der Waals surface area (Å²) in [5, 5.41) is 3.33. The van der Waals surface area contributed by atoms with E-state index in [4.69, 9.17) is 0 Å². The maximum atomic E-state index is 11.8. The summed E-state index contributed by atoms with van der Waals surface area (Å²) >= 11 is 0. The molecule has 2 saturated heterocycles. The van der Waals surface area contributed by atoms with Gasteiger partial charge in [0.25, 0.3) is 0 Å². The topological polar surface area (TPSA) is 35.6 Å². The number of likely N-dealkylation sites (N-methyl/N-ethyl adjacent to an activating group) is 1. The number of rotatable bonds is 3. The maximum Gasteiger partial charge on any atom is 0.320 e.